The van der Waals surface area contributed by atoms with Crippen LogP contribution in [0.25, 0.3) is 0 Å². The molecule has 1 atom stereocenters. The maximum atomic E-state index is 5.76. The fourth-order valence-corrected chi connectivity index (χ4v) is 5.73. The number of aliphatic imine (C=N–C) groups is 1. The number of nitrogens with zero attached hydrogens (tertiary/aromatic N) is 2. The molecule has 1 N–H and O–H groups in total. The van der Waals surface area contributed by atoms with E-state index in [1.54, 1.807) is 0 Å². The minimum absolute atomic E-state index is 0. The van der Waals surface area contributed by atoms with E-state index in [-0.39, 0.29) is 24.0 Å². The van der Waals surface area contributed by atoms with E-state index in [2.05, 4.69) is 28.9 Å². The van der Waals surface area contributed by atoms with Crippen LogP contribution >= 0.6 is 35.7 Å². The van der Waals surface area contributed by atoms with Crippen LogP contribution in [0.15, 0.2) is 4.99 Å². The molecular weight excluding hydrogens is 461 g/mol. The first-order valence-corrected chi connectivity index (χ1v) is 11.2. The van der Waals surface area contributed by atoms with Crippen molar-refractivity contribution in [2.24, 2.45) is 4.99 Å². The third kappa shape index (κ3) is 6.71. The summed E-state index contributed by atoms with van der Waals surface area (Å²) in [6.07, 6.45) is 9.57. The molecule has 26 heavy (non-hydrogen) atoms. The Balaban J connectivity index is 0.00000243. The highest BCUT2D eigenvalue weighted by molar-refractivity contribution is 14.0. The molecule has 0 aromatic rings. The third-order valence-electron chi connectivity index (χ3n) is 5.47. The Bertz CT molecular complexity index is 421. The van der Waals surface area contributed by atoms with Gasteiger partial charge in [0.15, 0.2) is 5.96 Å². The standard InChI is InChI=1S/C19H35N3O2S.HI/c1-2-20-18(21-10-13-23-15-17-7-6-12-24-17)22-11-14-25-19(16-22)8-4-3-5-9-19;/h17H,2-16H2,1H3,(H,20,21);1H. The van der Waals surface area contributed by atoms with E-state index in [0.29, 0.717) is 17.5 Å². The van der Waals surface area contributed by atoms with Gasteiger partial charge >= 0.3 is 0 Å². The van der Waals surface area contributed by atoms with Crippen LogP contribution in [0, 0.1) is 0 Å². The van der Waals surface area contributed by atoms with Crippen molar-refractivity contribution in [1.82, 2.24) is 10.2 Å². The molecular formula is C19H36IN3O2S. The first-order chi connectivity index (χ1) is 12.3. The highest BCUT2D eigenvalue weighted by Crippen LogP contribution is 2.42. The van der Waals surface area contributed by atoms with Crippen molar-refractivity contribution in [1.29, 1.82) is 0 Å². The predicted molar refractivity (Wildman–Crippen MR) is 121 cm³/mol. The van der Waals surface area contributed by atoms with E-state index in [4.69, 9.17) is 14.5 Å². The van der Waals surface area contributed by atoms with Gasteiger partial charge in [0.2, 0.25) is 0 Å². The molecule has 0 amide bonds. The molecule has 1 unspecified atom stereocenters. The Morgan fingerprint density at radius 2 is 2.15 bits per heavy atom. The number of hydrogen-bond donors (Lipinski definition) is 1. The number of guanidine groups is 1. The summed E-state index contributed by atoms with van der Waals surface area (Å²) in [6.45, 7) is 8.36. The van der Waals surface area contributed by atoms with Gasteiger partial charge in [0.05, 0.1) is 25.9 Å². The van der Waals surface area contributed by atoms with Crippen LogP contribution in [0.3, 0.4) is 0 Å². The number of thioether (sulfide) groups is 1. The molecule has 0 radical (unpaired) electrons. The van der Waals surface area contributed by atoms with E-state index < -0.39 is 0 Å². The molecule has 3 rings (SSSR count). The van der Waals surface area contributed by atoms with Crippen LogP contribution in [0.5, 0.6) is 0 Å². The molecule has 0 bridgehead atoms. The fourth-order valence-electron chi connectivity index (χ4n) is 4.16. The lowest BCUT2D eigenvalue weighted by molar-refractivity contribution is 0.0199. The van der Waals surface area contributed by atoms with Crippen LogP contribution in [0.4, 0.5) is 0 Å². The van der Waals surface area contributed by atoms with Gasteiger partial charge in [-0.3, -0.25) is 4.99 Å². The maximum Gasteiger partial charge on any atom is 0.194 e. The summed E-state index contributed by atoms with van der Waals surface area (Å²) in [5, 5.41) is 3.49. The first-order valence-electron chi connectivity index (χ1n) is 10.2. The number of halogens is 1. The summed E-state index contributed by atoms with van der Waals surface area (Å²) in [5.41, 5.74) is 0. The minimum Gasteiger partial charge on any atom is -0.377 e. The van der Waals surface area contributed by atoms with Gasteiger partial charge in [0.1, 0.15) is 0 Å². The molecule has 0 aromatic heterocycles. The lowest BCUT2D eigenvalue weighted by atomic mass is 9.87. The van der Waals surface area contributed by atoms with Crippen molar-refractivity contribution in [2.75, 3.05) is 51.8 Å². The first kappa shape index (κ1) is 22.6. The fraction of sp³-hybridized carbons (Fsp3) is 0.947. The highest BCUT2D eigenvalue weighted by Gasteiger charge is 2.38. The molecule has 5 nitrogen and oxygen atoms in total. The highest BCUT2D eigenvalue weighted by atomic mass is 127. The van der Waals surface area contributed by atoms with E-state index in [9.17, 15) is 0 Å². The van der Waals surface area contributed by atoms with Crippen LogP contribution in [-0.2, 0) is 9.47 Å². The zero-order valence-corrected chi connectivity index (χ0v) is 19.4. The number of rotatable bonds is 6. The van der Waals surface area contributed by atoms with E-state index in [1.165, 1.54) is 44.3 Å². The lowest BCUT2D eigenvalue weighted by Crippen LogP contribution is -2.53. The summed E-state index contributed by atoms with van der Waals surface area (Å²) in [6, 6.07) is 0. The summed E-state index contributed by atoms with van der Waals surface area (Å²) >= 11 is 2.21. The maximum absolute atomic E-state index is 5.76. The van der Waals surface area contributed by atoms with Crippen LogP contribution in [-0.4, -0.2) is 73.5 Å². The van der Waals surface area contributed by atoms with Gasteiger partial charge in [-0.25, -0.2) is 0 Å². The molecule has 2 saturated heterocycles. The van der Waals surface area contributed by atoms with Gasteiger partial charge < -0.3 is 19.7 Å². The van der Waals surface area contributed by atoms with Gasteiger partial charge in [-0.2, -0.15) is 11.8 Å². The lowest BCUT2D eigenvalue weighted by Gasteiger charge is -2.45. The molecule has 152 valence electrons. The summed E-state index contributed by atoms with van der Waals surface area (Å²) < 4.78 is 11.8. The van der Waals surface area contributed by atoms with E-state index in [1.807, 2.05) is 0 Å². The van der Waals surface area contributed by atoms with Crippen molar-refractivity contribution in [3.63, 3.8) is 0 Å². The average Bonchev–Trinajstić information content (AvgIpc) is 3.15. The Kier molecular flexibility index (Phi) is 10.4. The molecule has 3 aliphatic rings. The summed E-state index contributed by atoms with van der Waals surface area (Å²) in [5.74, 6) is 2.30. The predicted octanol–water partition coefficient (Wildman–Crippen LogP) is 3.52. The monoisotopic (exact) mass is 497 g/mol. The summed E-state index contributed by atoms with van der Waals surface area (Å²) in [7, 11) is 0. The topological polar surface area (TPSA) is 46.1 Å². The average molecular weight is 497 g/mol. The SMILES string of the molecule is CCNC(=NCCOCC1CCCO1)N1CCSC2(CCCCC2)C1.I. The Labute approximate surface area is 180 Å². The van der Waals surface area contributed by atoms with Gasteiger partial charge in [-0.15, -0.1) is 24.0 Å². The van der Waals surface area contributed by atoms with Crippen LogP contribution in [0.1, 0.15) is 51.9 Å². The largest absolute Gasteiger partial charge is 0.377 e. The number of nitrogens with one attached hydrogen (secondary N) is 1. The van der Waals surface area contributed by atoms with Crippen molar-refractivity contribution < 1.29 is 9.47 Å². The van der Waals surface area contributed by atoms with Crippen molar-refractivity contribution in [3.05, 3.63) is 0 Å². The molecule has 2 heterocycles. The quantitative estimate of drug-likeness (QED) is 0.264. The molecule has 7 heteroatoms. The van der Waals surface area contributed by atoms with Gasteiger partial charge in [-0.05, 0) is 32.6 Å². The Morgan fingerprint density at radius 3 is 2.88 bits per heavy atom. The molecule has 1 saturated carbocycles. The van der Waals surface area contributed by atoms with Crippen LogP contribution in [0.2, 0.25) is 0 Å². The second kappa shape index (κ2) is 12.0. The normalized spacial score (nSPS) is 26.0. The summed E-state index contributed by atoms with van der Waals surface area (Å²) in [4.78, 5) is 7.33. The number of hydrogen-bond acceptors (Lipinski definition) is 4. The number of ether oxygens (including phenoxy) is 2. The minimum atomic E-state index is 0. The van der Waals surface area contributed by atoms with E-state index in [0.717, 1.165) is 51.8 Å². The van der Waals surface area contributed by atoms with Gasteiger partial charge in [0, 0.05) is 36.7 Å². The van der Waals surface area contributed by atoms with E-state index >= 15 is 0 Å². The second-order valence-electron chi connectivity index (χ2n) is 7.46. The van der Waals surface area contributed by atoms with Crippen molar-refractivity contribution >= 4 is 41.7 Å². The molecule has 2 aliphatic heterocycles. The third-order valence-corrected chi connectivity index (χ3v) is 7.01. The zero-order valence-electron chi connectivity index (χ0n) is 16.2. The second-order valence-corrected chi connectivity index (χ2v) is 9.02. The Hall–Kier alpha value is 0.270. The molecule has 3 fully saturated rings. The van der Waals surface area contributed by atoms with Gasteiger partial charge in [0.25, 0.3) is 0 Å². The molecule has 1 aliphatic carbocycles. The zero-order chi connectivity index (χ0) is 17.4. The van der Waals surface area contributed by atoms with Crippen molar-refractivity contribution in [3.8, 4) is 0 Å². The smallest absolute Gasteiger partial charge is 0.194 e. The van der Waals surface area contributed by atoms with Gasteiger partial charge in [-0.1, -0.05) is 19.3 Å². The Morgan fingerprint density at radius 1 is 1.31 bits per heavy atom. The molecule has 1 spiro atoms. The molecule has 0 aromatic carbocycles. The van der Waals surface area contributed by atoms with Crippen molar-refractivity contribution in [2.45, 2.75) is 62.7 Å². The van der Waals surface area contributed by atoms with Crippen LogP contribution < -0.4 is 5.32 Å².